The van der Waals surface area contributed by atoms with Gasteiger partial charge < -0.3 is 5.32 Å². The minimum absolute atomic E-state index is 0.00856. The molecule has 1 aliphatic rings. The molecule has 104 valence electrons. The molecule has 1 aromatic rings. The van der Waals surface area contributed by atoms with Gasteiger partial charge in [0.05, 0.1) is 5.56 Å². The summed E-state index contributed by atoms with van der Waals surface area (Å²) in [4.78, 5) is 16.2. The third-order valence-electron chi connectivity index (χ3n) is 4.12. The quantitative estimate of drug-likeness (QED) is 0.885. The van der Waals surface area contributed by atoms with Gasteiger partial charge in [0, 0.05) is 18.4 Å². The number of nitrogens with zero attached hydrogens (tertiary/aromatic N) is 1. The lowest BCUT2D eigenvalue weighted by atomic mass is 9.69. The average molecular weight is 260 g/mol. The van der Waals surface area contributed by atoms with Gasteiger partial charge in [0.2, 0.25) is 0 Å². The van der Waals surface area contributed by atoms with E-state index >= 15 is 0 Å². The number of pyridine rings is 1. The van der Waals surface area contributed by atoms with Crippen LogP contribution in [-0.2, 0) is 0 Å². The molecule has 3 nitrogen and oxygen atoms in total. The van der Waals surface area contributed by atoms with Crippen LogP contribution in [0, 0.1) is 11.3 Å². The predicted octanol–water partition coefficient (Wildman–Crippen LogP) is 3.42. The molecule has 1 amide bonds. The van der Waals surface area contributed by atoms with Gasteiger partial charge in [-0.25, -0.2) is 0 Å². The van der Waals surface area contributed by atoms with Gasteiger partial charge in [0.15, 0.2) is 0 Å². The fourth-order valence-electron chi connectivity index (χ4n) is 3.09. The average Bonchev–Trinajstić information content (AvgIpc) is 2.39. The number of hydrogen-bond acceptors (Lipinski definition) is 2. The van der Waals surface area contributed by atoms with Crippen molar-refractivity contribution in [1.29, 1.82) is 0 Å². The number of rotatable bonds is 2. The van der Waals surface area contributed by atoms with Gasteiger partial charge in [-0.2, -0.15) is 0 Å². The van der Waals surface area contributed by atoms with Crippen LogP contribution in [0.1, 0.15) is 56.8 Å². The fraction of sp³-hybridized carbons (Fsp3) is 0.625. The van der Waals surface area contributed by atoms with Crippen LogP contribution in [0.2, 0.25) is 0 Å². The molecule has 2 rings (SSSR count). The Balaban J connectivity index is 2.06. The SMILES string of the molecule is CC(C)(C)[C@H]1CCCC[C@H]1NC(=O)c1cccnc1. The van der Waals surface area contributed by atoms with E-state index in [2.05, 4.69) is 31.1 Å². The molecule has 0 radical (unpaired) electrons. The molecule has 19 heavy (non-hydrogen) atoms. The van der Waals surface area contributed by atoms with Gasteiger partial charge >= 0.3 is 0 Å². The summed E-state index contributed by atoms with van der Waals surface area (Å²) < 4.78 is 0. The molecule has 0 saturated heterocycles. The standard InChI is InChI=1S/C16H24N2O/c1-16(2,3)13-8-4-5-9-14(13)18-15(19)12-7-6-10-17-11-12/h6-7,10-11,13-14H,4-5,8-9H2,1-3H3,(H,18,19)/t13-,14+/m0/s1. The van der Waals surface area contributed by atoms with Crippen molar-refractivity contribution >= 4 is 5.91 Å². The Bertz CT molecular complexity index is 422. The van der Waals surface area contributed by atoms with E-state index < -0.39 is 0 Å². The van der Waals surface area contributed by atoms with E-state index in [1.807, 2.05) is 6.07 Å². The third kappa shape index (κ3) is 3.55. The highest BCUT2D eigenvalue weighted by Crippen LogP contribution is 2.38. The number of hydrogen-bond donors (Lipinski definition) is 1. The van der Waals surface area contributed by atoms with Crippen molar-refractivity contribution in [3.05, 3.63) is 30.1 Å². The Morgan fingerprint density at radius 1 is 1.32 bits per heavy atom. The lowest BCUT2D eigenvalue weighted by Gasteiger charge is -2.40. The maximum atomic E-state index is 12.2. The van der Waals surface area contributed by atoms with Gasteiger partial charge in [0.25, 0.3) is 5.91 Å². The third-order valence-corrected chi connectivity index (χ3v) is 4.12. The van der Waals surface area contributed by atoms with Crippen molar-refractivity contribution in [1.82, 2.24) is 10.3 Å². The second-order valence-electron chi connectivity index (χ2n) is 6.58. The number of aromatic nitrogens is 1. The summed E-state index contributed by atoms with van der Waals surface area (Å²) in [6.07, 6.45) is 8.11. The van der Waals surface area contributed by atoms with E-state index in [0.717, 1.165) is 6.42 Å². The molecule has 1 aromatic heterocycles. The lowest BCUT2D eigenvalue weighted by Crippen LogP contribution is -2.46. The van der Waals surface area contributed by atoms with E-state index in [1.54, 1.807) is 18.5 Å². The van der Waals surface area contributed by atoms with Crippen LogP contribution in [0.5, 0.6) is 0 Å². The molecule has 0 unspecified atom stereocenters. The topological polar surface area (TPSA) is 42.0 Å². The first kappa shape index (κ1) is 14.0. The van der Waals surface area contributed by atoms with E-state index in [1.165, 1.54) is 19.3 Å². The van der Waals surface area contributed by atoms with Gasteiger partial charge in [0.1, 0.15) is 0 Å². The largest absolute Gasteiger partial charge is 0.349 e. The molecule has 0 spiro atoms. The van der Waals surface area contributed by atoms with Crippen molar-refractivity contribution in [3.8, 4) is 0 Å². The molecule has 1 heterocycles. The van der Waals surface area contributed by atoms with Crippen LogP contribution in [0.3, 0.4) is 0 Å². The summed E-state index contributed by atoms with van der Waals surface area (Å²) >= 11 is 0. The predicted molar refractivity (Wildman–Crippen MR) is 76.9 cm³/mol. The second-order valence-corrected chi connectivity index (χ2v) is 6.58. The molecular formula is C16H24N2O. The normalized spacial score (nSPS) is 23.9. The first-order valence-corrected chi connectivity index (χ1v) is 7.19. The summed E-state index contributed by atoms with van der Waals surface area (Å²) in [7, 11) is 0. The van der Waals surface area contributed by atoms with Crippen LogP contribution < -0.4 is 5.32 Å². The Morgan fingerprint density at radius 3 is 2.68 bits per heavy atom. The van der Waals surface area contributed by atoms with Gasteiger partial charge in [-0.15, -0.1) is 0 Å². The van der Waals surface area contributed by atoms with E-state index in [-0.39, 0.29) is 11.3 Å². The highest BCUT2D eigenvalue weighted by Gasteiger charge is 2.34. The minimum atomic E-state index is 0.00856. The van der Waals surface area contributed by atoms with Gasteiger partial charge in [-0.1, -0.05) is 33.6 Å². The van der Waals surface area contributed by atoms with Crippen LogP contribution in [0.15, 0.2) is 24.5 Å². The highest BCUT2D eigenvalue weighted by molar-refractivity contribution is 5.94. The van der Waals surface area contributed by atoms with E-state index in [9.17, 15) is 4.79 Å². The zero-order valence-electron chi connectivity index (χ0n) is 12.1. The van der Waals surface area contributed by atoms with Crippen LogP contribution in [0.25, 0.3) is 0 Å². The molecule has 1 aliphatic carbocycles. The van der Waals surface area contributed by atoms with Crippen molar-refractivity contribution in [2.24, 2.45) is 11.3 Å². The molecule has 1 saturated carbocycles. The summed E-state index contributed by atoms with van der Waals surface area (Å²) in [5.74, 6) is 0.566. The number of nitrogens with one attached hydrogen (secondary N) is 1. The maximum Gasteiger partial charge on any atom is 0.253 e. The van der Waals surface area contributed by atoms with Crippen LogP contribution >= 0.6 is 0 Å². The number of carbonyl (C=O) groups is 1. The minimum Gasteiger partial charge on any atom is -0.349 e. The molecule has 1 N–H and O–H groups in total. The van der Waals surface area contributed by atoms with Crippen molar-refractivity contribution in [3.63, 3.8) is 0 Å². The van der Waals surface area contributed by atoms with Gasteiger partial charge in [-0.05, 0) is 36.3 Å². The summed E-state index contributed by atoms with van der Waals surface area (Å²) in [5.41, 5.74) is 0.897. The lowest BCUT2D eigenvalue weighted by molar-refractivity contribution is 0.0829. The fourth-order valence-corrected chi connectivity index (χ4v) is 3.09. The molecule has 1 fully saturated rings. The first-order valence-electron chi connectivity index (χ1n) is 7.19. The maximum absolute atomic E-state index is 12.2. The molecule has 0 aromatic carbocycles. The summed E-state index contributed by atoms with van der Waals surface area (Å²) in [5, 5.41) is 3.21. The highest BCUT2D eigenvalue weighted by atomic mass is 16.1. The Morgan fingerprint density at radius 2 is 2.05 bits per heavy atom. The van der Waals surface area contributed by atoms with Crippen molar-refractivity contribution in [2.45, 2.75) is 52.5 Å². The van der Waals surface area contributed by atoms with Crippen molar-refractivity contribution in [2.75, 3.05) is 0 Å². The van der Waals surface area contributed by atoms with E-state index in [0.29, 0.717) is 17.5 Å². The Labute approximate surface area is 115 Å². The second kappa shape index (κ2) is 5.72. The molecule has 2 atom stereocenters. The first-order chi connectivity index (χ1) is 8.98. The number of carbonyl (C=O) groups excluding carboxylic acids is 1. The molecular weight excluding hydrogens is 236 g/mol. The smallest absolute Gasteiger partial charge is 0.253 e. The molecule has 0 bridgehead atoms. The van der Waals surface area contributed by atoms with Gasteiger partial charge in [-0.3, -0.25) is 9.78 Å². The zero-order chi connectivity index (χ0) is 13.9. The number of amides is 1. The zero-order valence-corrected chi connectivity index (χ0v) is 12.1. The van der Waals surface area contributed by atoms with Crippen molar-refractivity contribution < 1.29 is 4.79 Å². The Hall–Kier alpha value is -1.38. The van der Waals surface area contributed by atoms with E-state index in [4.69, 9.17) is 0 Å². The van der Waals surface area contributed by atoms with Crippen LogP contribution in [-0.4, -0.2) is 16.9 Å². The summed E-state index contributed by atoms with van der Waals surface area (Å²) in [6.45, 7) is 6.81. The Kier molecular flexibility index (Phi) is 4.23. The monoisotopic (exact) mass is 260 g/mol. The molecule has 3 heteroatoms. The molecule has 0 aliphatic heterocycles. The van der Waals surface area contributed by atoms with Crippen LogP contribution in [0.4, 0.5) is 0 Å². The summed E-state index contributed by atoms with van der Waals surface area (Å²) in [6, 6.07) is 3.91.